The van der Waals surface area contributed by atoms with Gasteiger partial charge in [0.2, 0.25) is 0 Å². The zero-order chi connectivity index (χ0) is 13.2. The molecule has 0 radical (unpaired) electrons. The summed E-state index contributed by atoms with van der Waals surface area (Å²) in [5.41, 5.74) is 0.462. The minimum absolute atomic E-state index is 0.273. The van der Waals surface area contributed by atoms with Gasteiger partial charge in [-0.3, -0.25) is 9.69 Å². The van der Waals surface area contributed by atoms with Crippen LogP contribution in [-0.2, 0) is 4.79 Å². The Morgan fingerprint density at radius 2 is 1.94 bits per heavy atom. The van der Waals surface area contributed by atoms with E-state index in [1.54, 1.807) is 0 Å². The standard InChI is InChI=1S/C14H26N2O2/c1-14(2)6-3-4-12(14)16-10-8-15(9-11-16)7-5-13(17)18/h12H,3-11H2,1-2H3,(H,17,18). The molecule has 1 heterocycles. The van der Waals surface area contributed by atoms with E-state index in [-0.39, 0.29) is 6.42 Å². The van der Waals surface area contributed by atoms with Gasteiger partial charge >= 0.3 is 5.97 Å². The number of aliphatic carboxylic acids is 1. The van der Waals surface area contributed by atoms with Crippen molar-refractivity contribution in [2.75, 3.05) is 32.7 Å². The van der Waals surface area contributed by atoms with Crippen LogP contribution in [0.5, 0.6) is 0 Å². The van der Waals surface area contributed by atoms with Crippen molar-refractivity contribution in [2.24, 2.45) is 5.41 Å². The molecule has 0 spiro atoms. The van der Waals surface area contributed by atoms with E-state index in [9.17, 15) is 4.79 Å². The van der Waals surface area contributed by atoms with Crippen molar-refractivity contribution < 1.29 is 9.90 Å². The lowest BCUT2D eigenvalue weighted by molar-refractivity contribution is -0.137. The van der Waals surface area contributed by atoms with Gasteiger partial charge < -0.3 is 10.0 Å². The molecule has 0 aromatic heterocycles. The van der Waals surface area contributed by atoms with Crippen LogP contribution in [0.3, 0.4) is 0 Å². The number of carbonyl (C=O) groups is 1. The van der Waals surface area contributed by atoms with Gasteiger partial charge in [0.25, 0.3) is 0 Å². The fraction of sp³-hybridized carbons (Fsp3) is 0.929. The molecule has 0 aromatic carbocycles. The summed E-state index contributed by atoms with van der Waals surface area (Å²) in [4.78, 5) is 15.5. The molecule has 4 heteroatoms. The molecule has 0 aromatic rings. The van der Waals surface area contributed by atoms with Gasteiger partial charge in [-0.1, -0.05) is 20.3 Å². The summed E-state index contributed by atoms with van der Waals surface area (Å²) in [6.07, 6.45) is 4.31. The third kappa shape index (κ3) is 3.23. The van der Waals surface area contributed by atoms with Crippen LogP contribution in [0.1, 0.15) is 39.5 Å². The Kier molecular flexibility index (Phi) is 4.28. The molecule has 1 atom stereocenters. The van der Waals surface area contributed by atoms with Gasteiger partial charge in [0, 0.05) is 38.8 Å². The van der Waals surface area contributed by atoms with Crippen molar-refractivity contribution in [2.45, 2.75) is 45.6 Å². The number of piperazine rings is 1. The molecule has 2 rings (SSSR count). The molecule has 1 saturated carbocycles. The number of carboxylic acids is 1. The summed E-state index contributed by atoms with van der Waals surface area (Å²) in [6, 6.07) is 0.735. The Labute approximate surface area is 110 Å². The molecule has 1 N–H and O–H groups in total. The van der Waals surface area contributed by atoms with Crippen molar-refractivity contribution in [3.8, 4) is 0 Å². The fourth-order valence-corrected chi connectivity index (χ4v) is 3.54. The Balaban J connectivity index is 1.78. The van der Waals surface area contributed by atoms with Crippen LogP contribution >= 0.6 is 0 Å². The van der Waals surface area contributed by atoms with Gasteiger partial charge in [0.1, 0.15) is 0 Å². The SMILES string of the molecule is CC1(C)CCCC1N1CCN(CCC(=O)O)CC1. The van der Waals surface area contributed by atoms with Crippen molar-refractivity contribution in [1.29, 1.82) is 0 Å². The van der Waals surface area contributed by atoms with Gasteiger partial charge in [-0.2, -0.15) is 0 Å². The summed E-state index contributed by atoms with van der Waals surface area (Å²) in [7, 11) is 0. The quantitative estimate of drug-likeness (QED) is 0.828. The predicted molar refractivity (Wildman–Crippen MR) is 71.7 cm³/mol. The minimum Gasteiger partial charge on any atom is -0.481 e. The van der Waals surface area contributed by atoms with E-state index in [2.05, 4.69) is 23.6 Å². The zero-order valence-electron chi connectivity index (χ0n) is 11.7. The minimum atomic E-state index is -0.686. The first-order valence-electron chi connectivity index (χ1n) is 7.17. The highest BCUT2D eigenvalue weighted by Gasteiger charge is 2.39. The molecule has 1 aliphatic carbocycles. The van der Waals surface area contributed by atoms with Gasteiger partial charge in [0.05, 0.1) is 6.42 Å². The maximum Gasteiger partial charge on any atom is 0.304 e. The smallest absolute Gasteiger partial charge is 0.304 e. The molecule has 4 nitrogen and oxygen atoms in total. The van der Waals surface area contributed by atoms with Crippen LogP contribution in [0, 0.1) is 5.41 Å². The Morgan fingerprint density at radius 3 is 2.44 bits per heavy atom. The molecule has 2 aliphatic rings. The largest absolute Gasteiger partial charge is 0.481 e. The molecule has 1 saturated heterocycles. The second kappa shape index (κ2) is 5.57. The van der Waals surface area contributed by atoms with Crippen LogP contribution in [0.2, 0.25) is 0 Å². The van der Waals surface area contributed by atoms with Crippen LogP contribution in [0.4, 0.5) is 0 Å². The summed E-state index contributed by atoms with van der Waals surface area (Å²) >= 11 is 0. The first kappa shape index (κ1) is 13.8. The maximum absolute atomic E-state index is 10.6. The van der Waals surface area contributed by atoms with E-state index in [0.717, 1.165) is 32.2 Å². The van der Waals surface area contributed by atoms with Gasteiger partial charge in [0.15, 0.2) is 0 Å². The zero-order valence-corrected chi connectivity index (χ0v) is 11.7. The molecular weight excluding hydrogens is 228 g/mol. The first-order chi connectivity index (χ1) is 8.49. The summed E-state index contributed by atoms with van der Waals surface area (Å²) < 4.78 is 0. The van der Waals surface area contributed by atoms with Crippen LogP contribution in [-0.4, -0.2) is 59.6 Å². The first-order valence-corrected chi connectivity index (χ1v) is 7.17. The van der Waals surface area contributed by atoms with Gasteiger partial charge in [-0.05, 0) is 18.3 Å². The van der Waals surface area contributed by atoms with Crippen molar-refractivity contribution >= 4 is 5.97 Å². The Hall–Kier alpha value is -0.610. The average Bonchev–Trinajstić information content (AvgIpc) is 2.67. The fourth-order valence-electron chi connectivity index (χ4n) is 3.54. The molecule has 0 amide bonds. The molecule has 104 valence electrons. The number of hydrogen-bond acceptors (Lipinski definition) is 3. The summed E-state index contributed by atoms with van der Waals surface area (Å²) in [6.45, 7) is 9.75. The highest BCUT2D eigenvalue weighted by Crippen LogP contribution is 2.40. The lowest BCUT2D eigenvalue weighted by Crippen LogP contribution is -2.53. The van der Waals surface area contributed by atoms with Gasteiger partial charge in [-0.15, -0.1) is 0 Å². The molecular formula is C14H26N2O2. The second-order valence-corrected chi connectivity index (χ2v) is 6.42. The average molecular weight is 254 g/mol. The monoisotopic (exact) mass is 254 g/mol. The predicted octanol–water partition coefficient (Wildman–Crippen LogP) is 1.66. The Bertz CT molecular complexity index is 296. The van der Waals surface area contributed by atoms with Gasteiger partial charge in [-0.25, -0.2) is 0 Å². The van der Waals surface area contributed by atoms with E-state index < -0.39 is 5.97 Å². The lowest BCUT2D eigenvalue weighted by atomic mass is 9.86. The lowest BCUT2D eigenvalue weighted by Gasteiger charge is -2.42. The number of hydrogen-bond donors (Lipinski definition) is 1. The van der Waals surface area contributed by atoms with Crippen molar-refractivity contribution in [1.82, 2.24) is 9.80 Å². The molecule has 0 bridgehead atoms. The number of nitrogens with zero attached hydrogens (tertiary/aromatic N) is 2. The summed E-state index contributed by atoms with van der Waals surface area (Å²) in [5, 5.41) is 8.70. The molecule has 1 unspecified atom stereocenters. The third-order valence-electron chi connectivity index (χ3n) is 4.69. The molecule has 2 fully saturated rings. The summed E-state index contributed by atoms with van der Waals surface area (Å²) in [5.74, 6) is -0.686. The van der Waals surface area contributed by atoms with E-state index in [4.69, 9.17) is 5.11 Å². The number of rotatable bonds is 4. The number of carboxylic acid groups (broad SMARTS) is 1. The normalized spacial score (nSPS) is 29.6. The molecule has 1 aliphatic heterocycles. The Morgan fingerprint density at radius 1 is 1.28 bits per heavy atom. The topological polar surface area (TPSA) is 43.8 Å². The maximum atomic E-state index is 10.6. The second-order valence-electron chi connectivity index (χ2n) is 6.42. The highest BCUT2D eigenvalue weighted by atomic mass is 16.4. The van der Waals surface area contributed by atoms with Crippen LogP contribution in [0.25, 0.3) is 0 Å². The van der Waals surface area contributed by atoms with E-state index in [1.807, 2.05) is 0 Å². The van der Waals surface area contributed by atoms with Crippen molar-refractivity contribution in [3.63, 3.8) is 0 Å². The van der Waals surface area contributed by atoms with Crippen LogP contribution in [0.15, 0.2) is 0 Å². The van der Waals surface area contributed by atoms with E-state index >= 15 is 0 Å². The highest BCUT2D eigenvalue weighted by molar-refractivity contribution is 5.66. The third-order valence-corrected chi connectivity index (χ3v) is 4.69. The van der Waals surface area contributed by atoms with E-state index in [1.165, 1.54) is 19.3 Å². The van der Waals surface area contributed by atoms with Crippen molar-refractivity contribution in [3.05, 3.63) is 0 Å². The van der Waals surface area contributed by atoms with Crippen LogP contribution < -0.4 is 0 Å². The van der Waals surface area contributed by atoms with E-state index in [0.29, 0.717) is 12.0 Å². The molecule has 18 heavy (non-hydrogen) atoms.